The number of esters is 1. The van der Waals surface area contributed by atoms with Gasteiger partial charge in [-0.2, -0.15) is 0 Å². The van der Waals surface area contributed by atoms with Gasteiger partial charge in [-0.3, -0.25) is 9.59 Å². The molecule has 1 amide bonds. The van der Waals surface area contributed by atoms with E-state index < -0.39 is 11.5 Å². The molecule has 0 heterocycles. The summed E-state index contributed by atoms with van der Waals surface area (Å²) >= 11 is 0. The monoisotopic (exact) mass is 391 g/mol. The average Bonchev–Trinajstić information content (AvgIpc) is 3.13. The minimum atomic E-state index is -0.711. The zero-order valence-electron chi connectivity index (χ0n) is 18.1. The molecule has 2 bridgehead atoms. The van der Waals surface area contributed by atoms with Gasteiger partial charge in [-0.15, -0.1) is 0 Å². The number of carbonyl (C=O) groups is 3. The van der Waals surface area contributed by atoms with Crippen LogP contribution in [0.25, 0.3) is 0 Å². The van der Waals surface area contributed by atoms with Crippen LogP contribution in [-0.2, 0) is 19.1 Å². The smallest absolute Gasteiger partial charge is 0.312 e. The molecule has 4 fully saturated rings. The van der Waals surface area contributed by atoms with Crippen LogP contribution < -0.4 is 5.32 Å². The van der Waals surface area contributed by atoms with Gasteiger partial charge in [0.1, 0.15) is 6.29 Å². The highest BCUT2D eigenvalue weighted by Crippen LogP contribution is 2.61. The topological polar surface area (TPSA) is 72.5 Å². The fraction of sp³-hybridized carbons (Fsp3) is 0.870. The van der Waals surface area contributed by atoms with Gasteiger partial charge >= 0.3 is 5.97 Å². The molecule has 0 aromatic rings. The molecule has 0 saturated heterocycles. The molecular formula is C23H37NO4. The van der Waals surface area contributed by atoms with Gasteiger partial charge in [0.05, 0.1) is 5.41 Å². The molecule has 158 valence electrons. The highest BCUT2D eigenvalue weighted by molar-refractivity contribution is 5.85. The van der Waals surface area contributed by atoms with Crippen LogP contribution in [0.1, 0.15) is 79.6 Å². The molecule has 5 heteroatoms. The number of rotatable bonds is 6. The highest BCUT2D eigenvalue weighted by Gasteiger charge is 2.57. The maximum Gasteiger partial charge on any atom is 0.312 e. The first-order valence-corrected chi connectivity index (χ1v) is 11.0. The van der Waals surface area contributed by atoms with Crippen LogP contribution in [0.15, 0.2) is 0 Å². The van der Waals surface area contributed by atoms with Gasteiger partial charge in [-0.25, -0.2) is 0 Å². The standard InChI is InChI=1S/C23H37NO4/c1-22(2,3)21(27)28-19(14-8-6-7-9-14)20(26)24-18-13-15-12-17(23(15,4)5)16(18)10-11-25/h11,14-19H,6-10,12-13H2,1-5H3,(H,24,26)/t15-,16+,17+,18+,19?/m1/s1. The Labute approximate surface area is 169 Å². The Balaban J connectivity index is 1.72. The van der Waals surface area contributed by atoms with Gasteiger partial charge < -0.3 is 14.8 Å². The van der Waals surface area contributed by atoms with Crippen LogP contribution in [0.5, 0.6) is 0 Å². The summed E-state index contributed by atoms with van der Waals surface area (Å²) in [5.41, 5.74) is -0.383. The van der Waals surface area contributed by atoms with Crippen molar-refractivity contribution in [2.24, 2.45) is 34.5 Å². The Morgan fingerprint density at radius 1 is 1.18 bits per heavy atom. The second-order valence-electron chi connectivity index (χ2n) is 10.9. The molecule has 5 nitrogen and oxygen atoms in total. The lowest BCUT2D eigenvalue weighted by atomic mass is 9.44. The van der Waals surface area contributed by atoms with E-state index >= 15 is 0 Å². The van der Waals surface area contributed by atoms with Crippen molar-refractivity contribution in [1.29, 1.82) is 0 Å². The number of hydrogen-bond acceptors (Lipinski definition) is 4. The predicted molar refractivity (Wildman–Crippen MR) is 107 cm³/mol. The summed E-state index contributed by atoms with van der Waals surface area (Å²) in [6.07, 6.45) is 6.85. The lowest BCUT2D eigenvalue weighted by Gasteiger charge is -2.62. The number of amides is 1. The number of aldehydes is 1. The SMILES string of the molecule is CC(C)(C)C(=O)OC(C(=O)N[C@H]1C[C@H]2C[C@@H]([C@@H]1CC=O)C2(C)C)C1CCCC1. The predicted octanol–water partition coefficient (Wildman–Crippen LogP) is 3.89. The number of nitrogens with one attached hydrogen (secondary N) is 1. The lowest BCUT2D eigenvalue weighted by molar-refractivity contribution is -0.169. The van der Waals surface area contributed by atoms with Crippen molar-refractivity contribution in [1.82, 2.24) is 5.32 Å². The van der Waals surface area contributed by atoms with Gasteiger partial charge in [0.15, 0.2) is 6.10 Å². The van der Waals surface area contributed by atoms with Crippen LogP contribution in [0, 0.1) is 34.5 Å². The third kappa shape index (κ3) is 3.99. The molecule has 1 N–H and O–H groups in total. The van der Waals surface area contributed by atoms with Crippen molar-refractivity contribution in [2.75, 3.05) is 0 Å². The third-order valence-corrected chi connectivity index (χ3v) is 7.75. The van der Waals surface area contributed by atoms with Crippen LogP contribution >= 0.6 is 0 Å². The number of ether oxygens (including phenoxy) is 1. The molecule has 0 aromatic carbocycles. The van der Waals surface area contributed by atoms with Crippen LogP contribution in [0.4, 0.5) is 0 Å². The van der Waals surface area contributed by atoms with E-state index in [0.717, 1.165) is 44.8 Å². The molecule has 0 aromatic heterocycles. The first-order chi connectivity index (χ1) is 13.1. The minimum absolute atomic E-state index is 0.00622. The molecule has 4 aliphatic carbocycles. The fourth-order valence-corrected chi connectivity index (χ4v) is 5.73. The molecule has 0 aliphatic heterocycles. The van der Waals surface area contributed by atoms with Crippen molar-refractivity contribution in [3.63, 3.8) is 0 Å². The van der Waals surface area contributed by atoms with E-state index in [1.807, 2.05) is 20.8 Å². The first kappa shape index (κ1) is 21.3. The third-order valence-electron chi connectivity index (χ3n) is 7.75. The second kappa shape index (κ2) is 7.79. The number of hydrogen-bond donors (Lipinski definition) is 1. The van der Waals surface area contributed by atoms with Crippen LogP contribution in [0.2, 0.25) is 0 Å². The zero-order valence-corrected chi connectivity index (χ0v) is 18.1. The number of fused-ring (bicyclic) bond motifs is 2. The maximum atomic E-state index is 13.2. The van der Waals surface area contributed by atoms with Crippen LogP contribution in [0.3, 0.4) is 0 Å². The zero-order chi connectivity index (χ0) is 20.7. The van der Waals surface area contributed by atoms with E-state index in [0.29, 0.717) is 18.3 Å². The quantitative estimate of drug-likeness (QED) is 0.551. The average molecular weight is 392 g/mol. The summed E-state index contributed by atoms with van der Waals surface area (Å²) in [5.74, 6) is 0.868. The lowest BCUT2D eigenvalue weighted by Crippen LogP contribution is -2.62. The molecule has 4 rings (SSSR count). The van der Waals surface area contributed by atoms with Crippen molar-refractivity contribution >= 4 is 18.2 Å². The normalized spacial score (nSPS) is 32.9. The molecule has 4 saturated carbocycles. The van der Waals surface area contributed by atoms with Gasteiger partial charge in [0, 0.05) is 18.4 Å². The van der Waals surface area contributed by atoms with Crippen molar-refractivity contribution < 1.29 is 19.1 Å². The Morgan fingerprint density at radius 3 is 2.36 bits per heavy atom. The van der Waals surface area contributed by atoms with E-state index in [9.17, 15) is 14.4 Å². The first-order valence-electron chi connectivity index (χ1n) is 11.0. The Bertz CT molecular complexity index is 615. The summed E-state index contributed by atoms with van der Waals surface area (Å²) in [4.78, 5) is 37.0. The molecule has 5 atom stereocenters. The van der Waals surface area contributed by atoms with Crippen molar-refractivity contribution in [2.45, 2.75) is 91.7 Å². The molecule has 0 radical (unpaired) electrons. The molecule has 28 heavy (non-hydrogen) atoms. The van der Waals surface area contributed by atoms with E-state index in [-0.39, 0.29) is 35.2 Å². The molecule has 1 unspecified atom stereocenters. The van der Waals surface area contributed by atoms with E-state index in [1.165, 1.54) is 0 Å². The van der Waals surface area contributed by atoms with E-state index in [2.05, 4.69) is 19.2 Å². The Kier molecular flexibility index (Phi) is 5.94. The molecular weight excluding hydrogens is 354 g/mol. The van der Waals surface area contributed by atoms with E-state index in [1.54, 1.807) is 0 Å². The highest BCUT2D eigenvalue weighted by atomic mass is 16.5. The summed E-state index contributed by atoms with van der Waals surface area (Å²) in [6.45, 7) is 10.0. The van der Waals surface area contributed by atoms with Crippen molar-refractivity contribution in [3.05, 3.63) is 0 Å². The maximum absolute atomic E-state index is 13.2. The molecule has 4 aliphatic rings. The van der Waals surface area contributed by atoms with Gasteiger partial charge in [-0.1, -0.05) is 26.7 Å². The fourth-order valence-electron chi connectivity index (χ4n) is 5.73. The van der Waals surface area contributed by atoms with Crippen molar-refractivity contribution in [3.8, 4) is 0 Å². The van der Waals surface area contributed by atoms with Crippen LogP contribution in [-0.4, -0.2) is 30.3 Å². The second-order valence-corrected chi connectivity index (χ2v) is 10.9. The van der Waals surface area contributed by atoms with Gasteiger partial charge in [0.2, 0.25) is 0 Å². The molecule has 0 spiro atoms. The van der Waals surface area contributed by atoms with E-state index in [4.69, 9.17) is 4.74 Å². The summed E-state index contributed by atoms with van der Waals surface area (Å²) in [7, 11) is 0. The van der Waals surface area contributed by atoms with Gasteiger partial charge in [0.25, 0.3) is 5.91 Å². The minimum Gasteiger partial charge on any atom is -0.452 e. The Morgan fingerprint density at radius 2 is 1.82 bits per heavy atom. The summed E-state index contributed by atoms with van der Waals surface area (Å²) in [5, 5.41) is 3.21. The number of carbonyl (C=O) groups excluding carboxylic acids is 3. The Hall–Kier alpha value is -1.39. The largest absolute Gasteiger partial charge is 0.452 e. The summed E-state index contributed by atoms with van der Waals surface area (Å²) < 4.78 is 5.76. The van der Waals surface area contributed by atoms with Gasteiger partial charge in [-0.05, 0) is 69.6 Å². The summed E-state index contributed by atoms with van der Waals surface area (Å²) in [6, 6.07) is 0.00622.